The lowest BCUT2D eigenvalue weighted by atomic mass is 9.86. The fourth-order valence-electron chi connectivity index (χ4n) is 6.84. The first-order valence-corrected chi connectivity index (χ1v) is 14.1. The Morgan fingerprint density at radius 1 is 0.921 bits per heavy atom. The van der Waals surface area contributed by atoms with E-state index in [1.807, 2.05) is 6.08 Å². The highest BCUT2D eigenvalue weighted by molar-refractivity contribution is 5.88. The van der Waals surface area contributed by atoms with Gasteiger partial charge in [0.15, 0.2) is 5.88 Å². The maximum atomic E-state index is 13.9. The zero-order chi connectivity index (χ0) is 26.6. The van der Waals surface area contributed by atoms with Crippen molar-refractivity contribution in [2.24, 2.45) is 17.8 Å². The average molecular weight is 527 g/mol. The molecule has 1 amide bonds. The maximum absolute atomic E-state index is 13.9. The van der Waals surface area contributed by atoms with Crippen molar-refractivity contribution in [2.45, 2.75) is 95.4 Å². The number of esters is 1. The van der Waals surface area contributed by atoms with Crippen LogP contribution >= 0.6 is 0 Å². The van der Waals surface area contributed by atoms with Crippen molar-refractivity contribution < 1.29 is 29.0 Å². The molecule has 206 valence electrons. The highest BCUT2D eigenvalue weighted by Gasteiger charge is 2.45. The molecule has 3 heterocycles. The molecule has 1 saturated heterocycles. The maximum Gasteiger partial charge on any atom is 0.326 e. The van der Waals surface area contributed by atoms with Gasteiger partial charge < -0.3 is 19.5 Å². The van der Waals surface area contributed by atoms with Gasteiger partial charge in [-0.2, -0.15) is 0 Å². The van der Waals surface area contributed by atoms with Crippen molar-refractivity contribution in [3.8, 4) is 5.88 Å². The summed E-state index contributed by atoms with van der Waals surface area (Å²) in [6.07, 6.45) is 11.6. The summed E-state index contributed by atoms with van der Waals surface area (Å²) in [6.45, 7) is 0.428. The van der Waals surface area contributed by atoms with Crippen LogP contribution in [0.5, 0.6) is 5.88 Å². The summed E-state index contributed by atoms with van der Waals surface area (Å²) in [5, 5.41) is 9.98. The zero-order valence-corrected chi connectivity index (χ0v) is 21.8. The summed E-state index contributed by atoms with van der Waals surface area (Å²) >= 11 is 0. The van der Waals surface area contributed by atoms with Gasteiger partial charge in [-0.3, -0.25) is 19.0 Å². The SMILES string of the molecule is O=C1C[C@@H](C2CCCC2)C(=O)N2C[C@@H](C[C@H]2C(=O)O)Oc2cccc(=O)n2C/C=C/CC[C@@H]2CCC[C@H]2O1. The van der Waals surface area contributed by atoms with Gasteiger partial charge in [-0.15, -0.1) is 0 Å². The molecule has 1 aromatic heterocycles. The molecule has 0 aromatic carbocycles. The third-order valence-electron chi connectivity index (χ3n) is 8.83. The van der Waals surface area contributed by atoms with Gasteiger partial charge in [0.05, 0.1) is 18.9 Å². The molecular formula is C29H38N2O7. The van der Waals surface area contributed by atoms with Crippen LogP contribution in [0.1, 0.15) is 70.6 Å². The van der Waals surface area contributed by atoms with Crippen molar-refractivity contribution in [3.05, 3.63) is 40.7 Å². The van der Waals surface area contributed by atoms with Crippen LogP contribution < -0.4 is 10.3 Å². The van der Waals surface area contributed by atoms with Crippen molar-refractivity contribution in [2.75, 3.05) is 6.54 Å². The van der Waals surface area contributed by atoms with E-state index >= 15 is 0 Å². The Morgan fingerprint density at radius 2 is 1.71 bits per heavy atom. The minimum absolute atomic E-state index is 0.0147. The number of hydrogen-bond acceptors (Lipinski definition) is 6. The molecule has 3 fully saturated rings. The normalized spacial score (nSPS) is 32.0. The molecule has 4 aliphatic rings. The topological polar surface area (TPSA) is 115 Å². The predicted octanol–water partition coefficient (Wildman–Crippen LogP) is 3.54. The number of carbonyl (C=O) groups excluding carboxylic acids is 2. The second kappa shape index (κ2) is 11.7. The van der Waals surface area contributed by atoms with Crippen molar-refractivity contribution in [3.63, 3.8) is 0 Å². The molecule has 5 rings (SSSR count). The standard InChI is InChI=1S/C29H38N2O7/c32-25-13-7-14-26-30(25)15-5-1-2-10-20-11-6-12-24(20)38-27(33)17-22(19-8-3-4-9-19)28(34)31-18-21(37-26)16-23(31)29(35)36/h1,5,7,13-14,19-24H,2-4,6,8-12,15-18H2,(H,35,36)/b5-1+/t20-,21-,22+,23+,24-/m1/s1. The summed E-state index contributed by atoms with van der Waals surface area (Å²) in [5.74, 6) is -1.66. The molecule has 1 aromatic rings. The van der Waals surface area contributed by atoms with E-state index in [4.69, 9.17) is 9.47 Å². The smallest absolute Gasteiger partial charge is 0.326 e. The first kappa shape index (κ1) is 26.5. The van der Waals surface area contributed by atoms with E-state index in [9.17, 15) is 24.3 Å². The van der Waals surface area contributed by atoms with Gasteiger partial charge in [-0.05, 0) is 62.8 Å². The van der Waals surface area contributed by atoms with Gasteiger partial charge in [-0.25, -0.2) is 4.79 Å². The monoisotopic (exact) mass is 526 g/mol. The highest BCUT2D eigenvalue weighted by atomic mass is 16.5. The molecule has 2 aliphatic heterocycles. The van der Waals surface area contributed by atoms with Crippen molar-refractivity contribution >= 4 is 17.8 Å². The van der Waals surface area contributed by atoms with E-state index in [1.54, 1.807) is 12.1 Å². The Bertz CT molecular complexity index is 1120. The summed E-state index contributed by atoms with van der Waals surface area (Å²) in [7, 11) is 0. The molecular weight excluding hydrogens is 488 g/mol. The number of allylic oxidation sites excluding steroid dienone is 2. The van der Waals surface area contributed by atoms with Crippen LogP contribution in [0.2, 0.25) is 0 Å². The van der Waals surface area contributed by atoms with Gasteiger partial charge >= 0.3 is 11.9 Å². The Balaban J connectivity index is 1.46. The van der Waals surface area contributed by atoms with Gasteiger partial charge in [-0.1, -0.05) is 31.1 Å². The quantitative estimate of drug-likeness (QED) is 0.463. The minimum atomic E-state index is -1.09. The minimum Gasteiger partial charge on any atom is -0.480 e. The Morgan fingerprint density at radius 3 is 2.50 bits per heavy atom. The second-order valence-corrected chi connectivity index (χ2v) is 11.3. The lowest BCUT2D eigenvalue weighted by Crippen LogP contribution is -2.46. The van der Waals surface area contributed by atoms with E-state index in [1.165, 1.54) is 15.5 Å². The number of rotatable bonds is 2. The number of fused-ring (bicyclic) bond motifs is 4. The average Bonchev–Trinajstić information content (AvgIpc) is 3.65. The Kier molecular flexibility index (Phi) is 8.19. The summed E-state index contributed by atoms with van der Waals surface area (Å²) in [6, 6.07) is 3.76. The predicted molar refractivity (Wildman–Crippen MR) is 139 cm³/mol. The van der Waals surface area contributed by atoms with Crippen molar-refractivity contribution in [1.29, 1.82) is 0 Å². The van der Waals surface area contributed by atoms with Crippen molar-refractivity contribution in [1.82, 2.24) is 9.47 Å². The highest BCUT2D eigenvalue weighted by Crippen LogP contribution is 2.38. The molecule has 2 bridgehead atoms. The number of amides is 1. The molecule has 9 nitrogen and oxygen atoms in total. The van der Waals surface area contributed by atoms with Crippen LogP contribution in [0, 0.1) is 17.8 Å². The third kappa shape index (κ3) is 5.81. The number of aromatic nitrogens is 1. The first-order valence-electron chi connectivity index (χ1n) is 14.1. The molecule has 1 N–H and O–H groups in total. The van der Waals surface area contributed by atoms with Crippen LogP contribution in [-0.4, -0.2) is 57.2 Å². The van der Waals surface area contributed by atoms with E-state index in [2.05, 4.69) is 6.08 Å². The first-order chi connectivity index (χ1) is 18.4. The van der Waals surface area contributed by atoms with Gasteiger partial charge in [0.1, 0.15) is 18.2 Å². The number of pyridine rings is 1. The van der Waals surface area contributed by atoms with Crippen LogP contribution in [0.3, 0.4) is 0 Å². The fraction of sp³-hybridized carbons (Fsp3) is 0.655. The lowest BCUT2D eigenvalue weighted by Gasteiger charge is -2.30. The molecule has 5 atom stereocenters. The Hall–Kier alpha value is -3.10. The van der Waals surface area contributed by atoms with Gasteiger partial charge in [0, 0.05) is 19.0 Å². The van der Waals surface area contributed by atoms with E-state index in [0.29, 0.717) is 12.4 Å². The number of aliphatic carboxylic acids is 1. The molecule has 0 spiro atoms. The van der Waals surface area contributed by atoms with Crippen LogP contribution in [0.4, 0.5) is 0 Å². The Labute approximate surface area is 222 Å². The number of hydrogen-bond donors (Lipinski definition) is 1. The molecule has 0 radical (unpaired) electrons. The van der Waals surface area contributed by atoms with E-state index in [-0.39, 0.29) is 54.8 Å². The third-order valence-corrected chi connectivity index (χ3v) is 8.83. The molecule has 9 heteroatoms. The van der Waals surface area contributed by atoms with Gasteiger partial charge in [0.25, 0.3) is 5.56 Å². The largest absolute Gasteiger partial charge is 0.480 e. The fourth-order valence-corrected chi connectivity index (χ4v) is 6.84. The van der Waals surface area contributed by atoms with Crippen LogP contribution in [0.15, 0.2) is 35.1 Å². The molecule has 0 unspecified atom stereocenters. The summed E-state index contributed by atoms with van der Waals surface area (Å²) in [5.41, 5.74) is -0.202. The lowest BCUT2D eigenvalue weighted by molar-refractivity contribution is -0.157. The number of carboxylic acid groups (broad SMARTS) is 1. The number of ether oxygens (including phenoxy) is 2. The number of carbonyl (C=O) groups is 3. The molecule has 2 saturated carbocycles. The van der Waals surface area contributed by atoms with Crippen LogP contribution in [-0.2, 0) is 25.7 Å². The van der Waals surface area contributed by atoms with Crippen LogP contribution in [0.25, 0.3) is 0 Å². The molecule has 38 heavy (non-hydrogen) atoms. The van der Waals surface area contributed by atoms with Gasteiger partial charge in [0.2, 0.25) is 5.91 Å². The summed E-state index contributed by atoms with van der Waals surface area (Å²) in [4.78, 5) is 53.3. The zero-order valence-electron chi connectivity index (χ0n) is 21.8. The molecule has 2 aliphatic carbocycles. The summed E-state index contributed by atoms with van der Waals surface area (Å²) < 4.78 is 13.6. The number of carboxylic acids is 1. The van der Waals surface area contributed by atoms with E-state index in [0.717, 1.165) is 57.8 Å². The van der Waals surface area contributed by atoms with E-state index < -0.39 is 24.0 Å². The number of nitrogens with zero attached hydrogens (tertiary/aromatic N) is 2. The second-order valence-electron chi connectivity index (χ2n) is 11.3.